The number of carbonyl (C=O) groups is 2. The van der Waals surface area contributed by atoms with E-state index >= 15 is 0 Å². The number of carbonyl (C=O) groups excluding carboxylic acids is 2. The molecule has 2 amide bonds. The molecule has 3 aromatic rings. The Morgan fingerprint density at radius 3 is 1.97 bits per heavy atom. The summed E-state index contributed by atoms with van der Waals surface area (Å²) in [4.78, 5) is 25.4. The number of nitrogens with one attached hydrogen (secondary N) is 2. The minimum absolute atomic E-state index is 0.0715. The zero-order valence-corrected chi connectivity index (χ0v) is 16.9. The highest BCUT2D eigenvalue weighted by atomic mass is 16.5. The molecule has 0 aliphatic carbocycles. The predicted molar refractivity (Wildman–Crippen MR) is 116 cm³/mol. The van der Waals surface area contributed by atoms with E-state index in [1.165, 1.54) is 0 Å². The Hall–Kier alpha value is -3.80. The van der Waals surface area contributed by atoms with Gasteiger partial charge in [0.2, 0.25) is 5.91 Å². The van der Waals surface area contributed by atoms with Gasteiger partial charge in [0.1, 0.15) is 11.5 Å². The number of methoxy groups -OCH3 is 2. The average Bonchev–Trinajstić information content (AvgIpc) is 2.79. The number of ether oxygens (including phenoxy) is 2. The van der Waals surface area contributed by atoms with Crippen molar-refractivity contribution in [2.24, 2.45) is 0 Å². The number of hydrogen-bond acceptors (Lipinski definition) is 4. The summed E-state index contributed by atoms with van der Waals surface area (Å²) in [6, 6.07) is 23.0. The maximum atomic E-state index is 12.8. The second-order valence-corrected chi connectivity index (χ2v) is 6.66. The van der Waals surface area contributed by atoms with Crippen LogP contribution in [0.1, 0.15) is 28.4 Å². The van der Waals surface area contributed by atoms with E-state index in [0.29, 0.717) is 22.7 Å². The fourth-order valence-corrected chi connectivity index (χ4v) is 3.05. The van der Waals surface area contributed by atoms with Gasteiger partial charge in [0.25, 0.3) is 5.91 Å². The number of amides is 2. The van der Waals surface area contributed by atoms with Crippen molar-refractivity contribution in [2.75, 3.05) is 19.5 Å². The summed E-state index contributed by atoms with van der Waals surface area (Å²) in [6.45, 7) is 0. The molecule has 154 valence electrons. The third kappa shape index (κ3) is 5.61. The van der Waals surface area contributed by atoms with Gasteiger partial charge in [-0.05, 0) is 17.7 Å². The summed E-state index contributed by atoms with van der Waals surface area (Å²) in [6.07, 6.45) is 0.0715. The number of hydrogen-bond donors (Lipinski definition) is 2. The van der Waals surface area contributed by atoms with E-state index in [9.17, 15) is 9.59 Å². The van der Waals surface area contributed by atoms with E-state index in [1.54, 1.807) is 56.7 Å². The number of anilines is 1. The SMILES string of the molecule is COc1cc(NC(=O)CC(NC(=O)c2ccccc2)c2ccccc2)cc(OC)c1. The molecule has 0 saturated carbocycles. The van der Waals surface area contributed by atoms with Crippen LogP contribution < -0.4 is 20.1 Å². The molecule has 1 atom stereocenters. The molecule has 0 fully saturated rings. The van der Waals surface area contributed by atoms with Crippen molar-refractivity contribution in [3.63, 3.8) is 0 Å². The third-order valence-electron chi connectivity index (χ3n) is 4.57. The Bertz CT molecular complexity index is 968. The molecule has 2 N–H and O–H groups in total. The van der Waals surface area contributed by atoms with Crippen LogP contribution in [0, 0.1) is 0 Å². The lowest BCUT2D eigenvalue weighted by Crippen LogP contribution is -2.31. The molecule has 0 radical (unpaired) electrons. The largest absolute Gasteiger partial charge is 0.497 e. The van der Waals surface area contributed by atoms with Crippen LogP contribution in [0.5, 0.6) is 11.5 Å². The van der Waals surface area contributed by atoms with Crippen molar-refractivity contribution in [1.29, 1.82) is 0 Å². The molecule has 6 nitrogen and oxygen atoms in total. The van der Waals surface area contributed by atoms with Gasteiger partial charge in [-0.25, -0.2) is 0 Å². The fourth-order valence-electron chi connectivity index (χ4n) is 3.05. The Morgan fingerprint density at radius 2 is 1.40 bits per heavy atom. The molecule has 0 saturated heterocycles. The van der Waals surface area contributed by atoms with Gasteiger partial charge in [-0.2, -0.15) is 0 Å². The first-order valence-electron chi connectivity index (χ1n) is 9.53. The number of benzene rings is 3. The van der Waals surface area contributed by atoms with E-state index in [2.05, 4.69) is 10.6 Å². The molecule has 0 aromatic heterocycles. The monoisotopic (exact) mass is 404 g/mol. The summed E-state index contributed by atoms with van der Waals surface area (Å²) in [5.74, 6) is 0.663. The van der Waals surface area contributed by atoms with Crippen LogP contribution in [-0.2, 0) is 4.79 Å². The van der Waals surface area contributed by atoms with E-state index < -0.39 is 6.04 Å². The maximum Gasteiger partial charge on any atom is 0.251 e. The van der Waals surface area contributed by atoms with Gasteiger partial charge in [0, 0.05) is 29.4 Å². The van der Waals surface area contributed by atoms with Crippen molar-refractivity contribution < 1.29 is 19.1 Å². The standard InChI is InChI=1S/C24H24N2O4/c1-29-20-13-19(14-21(15-20)30-2)25-23(27)16-22(17-9-5-3-6-10-17)26-24(28)18-11-7-4-8-12-18/h3-15,22H,16H2,1-2H3,(H,25,27)(H,26,28). The molecule has 3 aromatic carbocycles. The van der Waals surface area contributed by atoms with Gasteiger partial charge in [-0.15, -0.1) is 0 Å². The summed E-state index contributed by atoms with van der Waals surface area (Å²) in [7, 11) is 3.09. The van der Waals surface area contributed by atoms with Crippen molar-refractivity contribution in [3.8, 4) is 11.5 Å². The van der Waals surface area contributed by atoms with Gasteiger partial charge >= 0.3 is 0 Å². The molecule has 30 heavy (non-hydrogen) atoms. The number of rotatable bonds is 8. The van der Waals surface area contributed by atoms with Crippen LogP contribution in [-0.4, -0.2) is 26.0 Å². The molecule has 0 heterocycles. The topological polar surface area (TPSA) is 76.7 Å². The summed E-state index contributed by atoms with van der Waals surface area (Å²) >= 11 is 0. The zero-order valence-electron chi connectivity index (χ0n) is 16.9. The normalized spacial score (nSPS) is 11.3. The molecule has 6 heteroatoms. The smallest absolute Gasteiger partial charge is 0.251 e. The van der Waals surface area contributed by atoms with E-state index in [-0.39, 0.29) is 18.2 Å². The van der Waals surface area contributed by atoms with Gasteiger partial charge in [-0.1, -0.05) is 48.5 Å². The van der Waals surface area contributed by atoms with Crippen LogP contribution in [0.2, 0.25) is 0 Å². The molecule has 0 spiro atoms. The van der Waals surface area contributed by atoms with Crippen molar-refractivity contribution >= 4 is 17.5 Å². The molecule has 0 bridgehead atoms. The molecule has 0 aliphatic heterocycles. The highest BCUT2D eigenvalue weighted by molar-refractivity contribution is 5.96. The lowest BCUT2D eigenvalue weighted by molar-refractivity contribution is -0.116. The van der Waals surface area contributed by atoms with Gasteiger partial charge in [0.15, 0.2) is 0 Å². The third-order valence-corrected chi connectivity index (χ3v) is 4.57. The lowest BCUT2D eigenvalue weighted by atomic mass is 10.0. The Kier molecular flexibility index (Phi) is 7.05. The van der Waals surface area contributed by atoms with Gasteiger partial charge in [0.05, 0.1) is 26.7 Å². The van der Waals surface area contributed by atoms with E-state index in [4.69, 9.17) is 9.47 Å². The van der Waals surface area contributed by atoms with Gasteiger partial charge in [-0.3, -0.25) is 9.59 Å². The lowest BCUT2D eigenvalue weighted by Gasteiger charge is -2.19. The van der Waals surface area contributed by atoms with Crippen LogP contribution >= 0.6 is 0 Å². The van der Waals surface area contributed by atoms with Crippen LogP contribution in [0.25, 0.3) is 0 Å². The average molecular weight is 404 g/mol. The summed E-state index contributed by atoms with van der Waals surface area (Å²) in [5, 5.41) is 5.82. The van der Waals surface area contributed by atoms with Crippen molar-refractivity contribution in [2.45, 2.75) is 12.5 Å². The van der Waals surface area contributed by atoms with Crippen LogP contribution in [0.3, 0.4) is 0 Å². The Morgan fingerprint density at radius 1 is 0.833 bits per heavy atom. The maximum absolute atomic E-state index is 12.8. The minimum atomic E-state index is -0.480. The fraction of sp³-hybridized carbons (Fsp3) is 0.167. The van der Waals surface area contributed by atoms with Crippen LogP contribution in [0.4, 0.5) is 5.69 Å². The quantitative estimate of drug-likeness (QED) is 0.590. The van der Waals surface area contributed by atoms with Crippen LogP contribution in [0.15, 0.2) is 78.9 Å². The van der Waals surface area contributed by atoms with Crippen molar-refractivity contribution in [1.82, 2.24) is 5.32 Å². The van der Waals surface area contributed by atoms with E-state index in [1.807, 2.05) is 36.4 Å². The zero-order chi connectivity index (χ0) is 21.3. The van der Waals surface area contributed by atoms with Crippen molar-refractivity contribution in [3.05, 3.63) is 90.0 Å². The summed E-state index contributed by atoms with van der Waals surface area (Å²) in [5.41, 5.74) is 1.94. The predicted octanol–water partition coefficient (Wildman–Crippen LogP) is 4.20. The second-order valence-electron chi connectivity index (χ2n) is 6.66. The first-order chi connectivity index (χ1) is 14.6. The van der Waals surface area contributed by atoms with Gasteiger partial charge < -0.3 is 20.1 Å². The van der Waals surface area contributed by atoms with E-state index in [0.717, 1.165) is 5.56 Å². The summed E-state index contributed by atoms with van der Waals surface area (Å²) < 4.78 is 10.5. The first-order valence-corrected chi connectivity index (χ1v) is 9.53. The first kappa shape index (κ1) is 20.9. The minimum Gasteiger partial charge on any atom is -0.497 e. The molecule has 0 aliphatic rings. The highest BCUT2D eigenvalue weighted by Gasteiger charge is 2.19. The Labute approximate surface area is 175 Å². The molecular weight excluding hydrogens is 380 g/mol. The molecule has 1 unspecified atom stereocenters. The Balaban J connectivity index is 1.76. The second kappa shape index (κ2) is 10.1. The highest BCUT2D eigenvalue weighted by Crippen LogP contribution is 2.26. The molecular formula is C24H24N2O4. The molecule has 3 rings (SSSR count).